The van der Waals surface area contributed by atoms with E-state index in [1.165, 1.54) is 6.20 Å². The summed E-state index contributed by atoms with van der Waals surface area (Å²) in [5, 5.41) is 15.1. The second-order valence-electron chi connectivity index (χ2n) is 6.17. The summed E-state index contributed by atoms with van der Waals surface area (Å²) in [4.78, 5) is 14.6. The maximum Gasteiger partial charge on any atom is 0.267 e. The van der Waals surface area contributed by atoms with E-state index in [0.29, 0.717) is 11.4 Å². The second kappa shape index (κ2) is 10.0. The normalized spacial score (nSPS) is 10.8. The molecule has 0 aliphatic heterocycles. The largest absolute Gasteiger partial charge is 0.497 e. The van der Waals surface area contributed by atoms with E-state index < -0.39 is 5.91 Å². The summed E-state index contributed by atoms with van der Waals surface area (Å²) in [6.07, 6.45) is 1.43. The Morgan fingerprint density at radius 1 is 1.18 bits per heavy atom. The van der Waals surface area contributed by atoms with Crippen molar-refractivity contribution in [3.63, 3.8) is 0 Å². The number of nitrogens with one attached hydrogen (secondary N) is 2. The van der Waals surface area contributed by atoms with Gasteiger partial charge in [-0.05, 0) is 68.8 Å². The zero-order valence-electron chi connectivity index (χ0n) is 16.7. The minimum atomic E-state index is -0.474. The van der Waals surface area contributed by atoms with E-state index in [1.807, 2.05) is 25.1 Å². The fourth-order valence-electron chi connectivity index (χ4n) is 2.77. The highest BCUT2D eigenvalue weighted by Gasteiger charge is 2.10. The summed E-state index contributed by atoms with van der Waals surface area (Å²) in [6.45, 7) is 8.11. The van der Waals surface area contributed by atoms with Crippen LogP contribution in [0.4, 0.5) is 17.1 Å². The van der Waals surface area contributed by atoms with Crippen molar-refractivity contribution in [2.75, 3.05) is 35.7 Å². The fraction of sp³-hybridized carbons (Fsp3) is 0.273. The molecule has 0 fully saturated rings. The molecular formula is C22H26N4O2. The summed E-state index contributed by atoms with van der Waals surface area (Å²) in [7, 11) is 1.58. The number of aryl methyl sites for hydroxylation is 1. The molecule has 0 bridgehead atoms. The quantitative estimate of drug-likeness (QED) is 0.529. The Balaban J connectivity index is 2.09. The molecule has 6 heteroatoms. The third kappa shape index (κ3) is 5.27. The molecule has 2 aromatic carbocycles. The van der Waals surface area contributed by atoms with Crippen LogP contribution in [0.1, 0.15) is 19.4 Å². The van der Waals surface area contributed by atoms with Gasteiger partial charge < -0.3 is 20.3 Å². The van der Waals surface area contributed by atoms with Crippen LogP contribution in [-0.4, -0.2) is 26.1 Å². The molecule has 28 heavy (non-hydrogen) atoms. The summed E-state index contributed by atoms with van der Waals surface area (Å²) < 4.78 is 5.09. The minimum absolute atomic E-state index is 0.0111. The van der Waals surface area contributed by atoms with Gasteiger partial charge in [-0.1, -0.05) is 0 Å². The number of ether oxygens (including phenoxy) is 1. The first-order chi connectivity index (χ1) is 13.5. The van der Waals surface area contributed by atoms with Gasteiger partial charge in [0, 0.05) is 36.4 Å². The van der Waals surface area contributed by atoms with Crippen molar-refractivity contribution in [1.82, 2.24) is 0 Å². The topological polar surface area (TPSA) is 77.4 Å². The molecule has 0 aliphatic carbocycles. The Morgan fingerprint density at radius 3 is 2.39 bits per heavy atom. The number of anilines is 3. The first-order valence-corrected chi connectivity index (χ1v) is 9.20. The van der Waals surface area contributed by atoms with Gasteiger partial charge in [0.1, 0.15) is 17.4 Å². The standard InChI is InChI=1S/C22H26N4O2/c1-5-26(6-2)19-9-12-21(16(3)13-19)24-15-17(14-23)22(27)25-18-7-10-20(28-4)11-8-18/h7-13,15,24H,5-6H2,1-4H3,(H,25,27)/b17-15-. The van der Waals surface area contributed by atoms with Crippen LogP contribution in [0.2, 0.25) is 0 Å². The molecule has 0 heterocycles. The van der Waals surface area contributed by atoms with E-state index in [-0.39, 0.29) is 5.57 Å². The summed E-state index contributed by atoms with van der Waals surface area (Å²) in [5.41, 5.74) is 3.61. The molecule has 146 valence electrons. The molecule has 0 radical (unpaired) electrons. The smallest absolute Gasteiger partial charge is 0.267 e. The van der Waals surface area contributed by atoms with Gasteiger partial charge in [-0.15, -0.1) is 0 Å². The number of amides is 1. The minimum Gasteiger partial charge on any atom is -0.497 e. The van der Waals surface area contributed by atoms with Crippen LogP contribution in [0.15, 0.2) is 54.2 Å². The maximum atomic E-state index is 12.3. The third-order valence-electron chi connectivity index (χ3n) is 4.42. The summed E-state index contributed by atoms with van der Waals surface area (Å²) in [5.74, 6) is 0.219. The van der Waals surface area contributed by atoms with Crippen molar-refractivity contribution in [3.05, 3.63) is 59.8 Å². The van der Waals surface area contributed by atoms with Crippen LogP contribution >= 0.6 is 0 Å². The van der Waals surface area contributed by atoms with Gasteiger partial charge in [-0.25, -0.2) is 0 Å². The molecule has 0 aliphatic rings. The van der Waals surface area contributed by atoms with Crippen molar-refractivity contribution in [3.8, 4) is 11.8 Å². The number of carbonyl (C=O) groups is 1. The Bertz CT molecular complexity index is 878. The van der Waals surface area contributed by atoms with E-state index in [1.54, 1.807) is 31.4 Å². The molecule has 2 rings (SSSR count). The number of rotatable bonds is 8. The average molecular weight is 378 g/mol. The Morgan fingerprint density at radius 2 is 1.86 bits per heavy atom. The molecule has 0 aromatic heterocycles. The second-order valence-corrected chi connectivity index (χ2v) is 6.17. The first kappa shape index (κ1) is 20.8. The molecule has 1 amide bonds. The monoisotopic (exact) mass is 378 g/mol. The Labute approximate surface area is 166 Å². The molecule has 0 spiro atoms. The molecule has 0 saturated heterocycles. The number of hydrogen-bond donors (Lipinski definition) is 2. The molecule has 2 N–H and O–H groups in total. The Hall–Kier alpha value is -3.46. The van der Waals surface area contributed by atoms with Gasteiger partial charge in [0.05, 0.1) is 7.11 Å². The molecular weight excluding hydrogens is 352 g/mol. The number of nitriles is 1. The molecule has 2 aromatic rings. The summed E-state index contributed by atoms with van der Waals surface area (Å²) in [6, 6.07) is 14.9. The highest BCUT2D eigenvalue weighted by molar-refractivity contribution is 6.06. The van der Waals surface area contributed by atoms with Gasteiger partial charge in [0.15, 0.2) is 0 Å². The highest BCUT2D eigenvalue weighted by atomic mass is 16.5. The van der Waals surface area contributed by atoms with E-state index in [4.69, 9.17) is 4.74 Å². The van der Waals surface area contributed by atoms with Gasteiger partial charge in [0.25, 0.3) is 5.91 Å². The van der Waals surface area contributed by atoms with Crippen LogP contribution in [0.5, 0.6) is 5.75 Å². The lowest BCUT2D eigenvalue weighted by Crippen LogP contribution is -2.21. The lowest BCUT2D eigenvalue weighted by atomic mass is 10.1. The number of benzene rings is 2. The van der Waals surface area contributed by atoms with Crippen molar-refractivity contribution >= 4 is 23.0 Å². The van der Waals surface area contributed by atoms with Crippen molar-refractivity contribution in [1.29, 1.82) is 5.26 Å². The van der Waals surface area contributed by atoms with Crippen molar-refractivity contribution in [2.24, 2.45) is 0 Å². The predicted molar refractivity (Wildman–Crippen MR) is 114 cm³/mol. The van der Waals surface area contributed by atoms with Gasteiger partial charge >= 0.3 is 0 Å². The van der Waals surface area contributed by atoms with Crippen LogP contribution in [0.3, 0.4) is 0 Å². The van der Waals surface area contributed by atoms with Gasteiger partial charge in [-0.2, -0.15) is 5.26 Å². The maximum absolute atomic E-state index is 12.3. The number of hydrogen-bond acceptors (Lipinski definition) is 5. The zero-order valence-corrected chi connectivity index (χ0v) is 16.7. The SMILES string of the molecule is CCN(CC)c1ccc(N/C=C(/C#N)C(=O)Nc2ccc(OC)cc2)c(C)c1. The summed E-state index contributed by atoms with van der Waals surface area (Å²) >= 11 is 0. The number of nitrogens with zero attached hydrogens (tertiary/aromatic N) is 2. The number of carbonyl (C=O) groups excluding carboxylic acids is 1. The highest BCUT2D eigenvalue weighted by Crippen LogP contribution is 2.23. The van der Waals surface area contributed by atoms with E-state index in [9.17, 15) is 10.1 Å². The third-order valence-corrected chi connectivity index (χ3v) is 4.42. The lowest BCUT2D eigenvalue weighted by Gasteiger charge is -2.22. The average Bonchev–Trinajstić information content (AvgIpc) is 2.71. The first-order valence-electron chi connectivity index (χ1n) is 9.20. The van der Waals surface area contributed by atoms with Crippen LogP contribution in [0.25, 0.3) is 0 Å². The number of methoxy groups -OCH3 is 1. The molecule has 0 saturated carbocycles. The van der Waals surface area contributed by atoms with Crippen LogP contribution < -0.4 is 20.3 Å². The van der Waals surface area contributed by atoms with Crippen molar-refractivity contribution < 1.29 is 9.53 Å². The Kier molecular flexibility index (Phi) is 7.46. The van der Waals surface area contributed by atoms with E-state index >= 15 is 0 Å². The van der Waals surface area contributed by atoms with Gasteiger partial charge in [0.2, 0.25) is 0 Å². The van der Waals surface area contributed by atoms with Crippen LogP contribution in [0, 0.1) is 18.3 Å². The van der Waals surface area contributed by atoms with Gasteiger partial charge in [-0.3, -0.25) is 4.79 Å². The molecule has 0 unspecified atom stereocenters. The molecule has 0 atom stereocenters. The van der Waals surface area contributed by atoms with E-state index in [2.05, 4.69) is 35.4 Å². The fourth-order valence-corrected chi connectivity index (χ4v) is 2.77. The lowest BCUT2D eigenvalue weighted by molar-refractivity contribution is -0.112. The zero-order chi connectivity index (χ0) is 20.5. The predicted octanol–water partition coefficient (Wildman–Crippen LogP) is 4.31. The van der Waals surface area contributed by atoms with E-state index in [0.717, 1.165) is 30.0 Å². The van der Waals surface area contributed by atoms with Crippen molar-refractivity contribution in [2.45, 2.75) is 20.8 Å². The molecule has 6 nitrogen and oxygen atoms in total. The van der Waals surface area contributed by atoms with Crippen LogP contribution in [-0.2, 0) is 4.79 Å².